The topological polar surface area (TPSA) is 66.3 Å². The molecule has 154 valence electrons. The van der Waals surface area contributed by atoms with Gasteiger partial charge in [0.2, 0.25) is 0 Å². The quantitative estimate of drug-likeness (QED) is 0.738. The summed E-state index contributed by atoms with van der Waals surface area (Å²) in [6.07, 6.45) is 5.12. The number of ether oxygens (including phenoxy) is 1. The zero-order chi connectivity index (χ0) is 19.8. The summed E-state index contributed by atoms with van der Waals surface area (Å²) in [4.78, 5) is 29.7. The molecular formula is C21H33N4O3+. The predicted molar refractivity (Wildman–Crippen MR) is 110 cm³/mol. The molecule has 0 aliphatic carbocycles. The zero-order valence-electron chi connectivity index (χ0n) is 16.9. The zero-order valence-corrected chi connectivity index (χ0v) is 16.9. The van der Waals surface area contributed by atoms with E-state index in [4.69, 9.17) is 4.74 Å². The number of carbonyl (C=O) groups excluding carboxylic acids is 2. The van der Waals surface area contributed by atoms with E-state index in [-0.39, 0.29) is 18.4 Å². The summed E-state index contributed by atoms with van der Waals surface area (Å²) in [5.41, 5.74) is 2.02. The highest BCUT2D eigenvalue weighted by Gasteiger charge is 2.21. The normalized spacial score (nSPS) is 19.0. The molecular weight excluding hydrogens is 356 g/mol. The van der Waals surface area contributed by atoms with Gasteiger partial charge in [-0.1, -0.05) is 12.8 Å². The fourth-order valence-corrected chi connectivity index (χ4v) is 3.81. The average molecular weight is 390 g/mol. The summed E-state index contributed by atoms with van der Waals surface area (Å²) in [6, 6.07) is 8.09. The predicted octanol–water partition coefficient (Wildman–Crippen LogP) is 0.379. The number of amides is 2. The highest BCUT2D eigenvalue weighted by molar-refractivity contribution is 5.91. The lowest BCUT2D eigenvalue weighted by Gasteiger charge is -2.27. The molecule has 7 heteroatoms. The molecule has 1 aromatic rings. The molecule has 0 spiro atoms. The van der Waals surface area contributed by atoms with E-state index in [0.717, 1.165) is 23.7 Å². The molecule has 0 bridgehead atoms. The number of anilines is 2. The van der Waals surface area contributed by atoms with Gasteiger partial charge < -0.3 is 24.8 Å². The Morgan fingerprint density at radius 1 is 0.964 bits per heavy atom. The van der Waals surface area contributed by atoms with Crippen LogP contribution in [0.5, 0.6) is 0 Å². The molecule has 2 aliphatic rings. The maximum Gasteiger partial charge on any atom is 0.279 e. The third kappa shape index (κ3) is 6.21. The number of likely N-dealkylation sites (N-methyl/N-ethyl adjacent to an activating group) is 1. The Morgan fingerprint density at radius 2 is 1.61 bits per heavy atom. The molecule has 1 aromatic carbocycles. The van der Waals surface area contributed by atoms with Crippen molar-refractivity contribution < 1.29 is 19.2 Å². The first kappa shape index (κ1) is 20.6. The first-order valence-corrected chi connectivity index (χ1v) is 10.4. The number of hydrogen-bond acceptors (Lipinski definition) is 4. The standard InChI is InChI=1S/C21H32N4O3/c1-23(17-21(27)25-12-14-28-15-13-25)16-20(26)22-18-6-8-19(9-7-18)24-10-4-2-3-5-11-24/h6-9H,2-5,10-17H2,1H3,(H,22,26)/p+1. The molecule has 2 saturated heterocycles. The van der Waals surface area contributed by atoms with Gasteiger partial charge in [-0.3, -0.25) is 9.59 Å². The van der Waals surface area contributed by atoms with Crippen LogP contribution < -0.4 is 15.1 Å². The molecule has 2 amide bonds. The summed E-state index contributed by atoms with van der Waals surface area (Å²) in [6.45, 7) is 5.28. The van der Waals surface area contributed by atoms with E-state index in [0.29, 0.717) is 32.8 Å². The first-order valence-electron chi connectivity index (χ1n) is 10.4. The van der Waals surface area contributed by atoms with Crippen molar-refractivity contribution in [3.63, 3.8) is 0 Å². The number of rotatable bonds is 6. The lowest BCUT2D eigenvalue weighted by molar-refractivity contribution is -0.862. The Balaban J connectivity index is 1.44. The van der Waals surface area contributed by atoms with Crippen molar-refractivity contribution in [2.75, 3.05) is 69.7 Å². The number of carbonyl (C=O) groups is 2. The lowest BCUT2D eigenvalue weighted by Crippen LogP contribution is -3.11. The summed E-state index contributed by atoms with van der Waals surface area (Å²) in [7, 11) is 1.88. The Kier molecular flexibility index (Phi) is 7.68. The molecule has 2 N–H and O–H groups in total. The van der Waals surface area contributed by atoms with Crippen LogP contribution in [0.2, 0.25) is 0 Å². The minimum absolute atomic E-state index is 0.0743. The fraction of sp³-hybridized carbons (Fsp3) is 0.619. The lowest BCUT2D eigenvalue weighted by atomic mass is 10.2. The Morgan fingerprint density at radius 3 is 2.25 bits per heavy atom. The van der Waals surface area contributed by atoms with Crippen molar-refractivity contribution in [1.29, 1.82) is 0 Å². The van der Waals surface area contributed by atoms with Crippen molar-refractivity contribution >= 4 is 23.2 Å². The average Bonchev–Trinajstić information content (AvgIpc) is 2.98. The van der Waals surface area contributed by atoms with Gasteiger partial charge >= 0.3 is 0 Å². The van der Waals surface area contributed by atoms with E-state index >= 15 is 0 Å². The Labute approximate surface area is 167 Å². The van der Waals surface area contributed by atoms with Crippen LogP contribution in [0.1, 0.15) is 25.7 Å². The van der Waals surface area contributed by atoms with Gasteiger partial charge in [0.15, 0.2) is 13.1 Å². The van der Waals surface area contributed by atoms with E-state index < -0.39 is 0 Å². The minimum Gasteiger partial charge on any atom is -0.378 e. The molecule has 0 aromatic heterocycles. The third-order valence-corrected chi connectivity index (χ3v) is 5.40. The smallest absolute Gasteiger partial charge is 0.279 e. The maximum atomic E-state index is 12.3. The van der Waals surface area contributed by atoms with Gasteiger partial charge in [0.05, 0.1) is 20.3 Å². The summed E-state index contributed by atoms with van der Waals surface area (Å²) < 4.78 is 5.27. The van der Waals surface area contributed by atoms with Crippen LogP contribution in [0.4, 0.5) is 11.4 Å². The van der Waals surface area contributed by atoms with E-state index in [9.17, 15) is 9.59 Å². The molecule has 0 radical (unpaired) electrons. The van der Waals surface area contributed by atoms with Crippen LogP contribution in [-0.4, -0.2) is 76.2 Å². The number of morpholine rings is 1. The molecule has 0 saturated carbocycles. The Bertz CT molecular complexity index is 636. The molecule has 2 heterocycles. The highest BCUT2D eigenvalue weighted by atomic mass is 16.5. The van der Waals surface area contributed by atoms with Gasteiger partial charge in [-0.05, 0) is 37.1 Å². The van der Waals surface area contributed by atoms with Gasteiger partial charge in [-0.2, -0.15) is 0 Å². The van der Waals surface area contributed by atoms with Crippen molar-refractivity contribution in [1.82, 2.24) is 4.90 Å². The fourth-order valence-electron chi connectivity index (χ4n) is 3.81. The summed E-state index contributed by atoms with van der Waals surface area (Å²) in [5, 5.41) is 2.94. The second kappa shape index (κ2) is 10.4. The highest BCUT2D eigenvalue weighted by Crippen LogP contribution is 2.21. The van der Waals surface area contributed by atoms with Gasteiger partial charge in [0.1, 0.15) is 0 Å². The van der Waals surface area contributed by atoms with Crippen LogP contribution >= 0.6 is 0 Å². The van der Waals surface area contributed by atoms with E-state index in [2.05, 4.69) is 22.3 Å². The van der Waals surface area contributed by atoms with Gasteiger partial charge in [0.25, 0.3) is 11.8 Å². The molecule has 1 atom stereocenters. The molecule has 2 fully saturated rings. The largest absolute Gasteiger partial charge is 0.378 e. The Hall–Kier alpha value is -2.12. The van der Waals surface area contributed by atoms with E-state index in [1.165, 1.54) is 31.4 Å². The van der Waals surface area contributed by atoms with Crippen molar-refractivity contribution in [2.24, 2.45) is 0 Å². The van der Waals surface area contributed by atoms with Crippen LogP contribution in [0.3, 0.4) is 0 Å². The van der Waals surface area contributed by atoms with Crippen molar-refractivity contribution in [3.8, 4) is 0 Å². The summed E-state index contributed by atoms with van der Waals surface area (Å²) in [5.74, 6) is 0.00482. The molecule has 2 aliphatic heterocycles. The van der Waals surface area contributed by atoms with Gasteiger partial charge in [-0.25, -0.2) is 0 Å². The van der Waals surface area contributed by atoms with Crippen molar-refractivity contribution in [3.05, 3.63) is 24.3 Å². The maximum absolute atomic E-state index is 12.3. The second-order valence-electron chi connectivity index (χ2n) is 7.80. The monoisotopic (exact) mass is 389 g/mol. The molecule has 1 unspecified atom stereocenters. The number of nitrogens with one attached hydrogen (secondary N) is 2. The molecule has 3 rings (SSSR count). The van der Waals surface area contributed by atoms with E-state index in [1.54, 1.807) is 0 Å². The van der Waals surface area contributed by atoms with E-state index in [1.807, 2.05) is 24.1 Å². The number of quaternary nitrogens is 1. The first-order chi connectivity index (χ1) is 13.6. The van der Waals surface area contributed by atoms with Crippen molar-refractivity contribution in [2.45, 2.75) is 25.7 Å². The number of benzene rings is 1. The second-order valence-corrected chi connectivity index (χ2v) is 7.80. The van der Waals surface area contributed by atoms with Gasteiger partial charge in [0, 0.05) is 37.6 Å². The van der Waals surface area contributed by atoms with Crippen LogP contribution in [0, 0.1) is 0 Å². The number of hydrogen-bond donors (Lipinski definition) is 2. The summed E-state index contributed by atoms with van der Waals surface area (Å²) >= 11 is 0. The minimum atomic E-state index is -0.0743. The SMILES string of the molecule is C[NH+](CC(=O)Nc1ccc(N2CCCCCC2)cc1)CC(=O)N1CCOCC1. The van der Waals surface area contributed by atoms with Gasteiger partial charge in [-0.15, -0.1) is 0 Å². The molecule has 28 heavy (non-hydrogen) atoms. The third-order valence-electron chi connectivity index (χ3n) is 5.40. The molecule has 7 nitrogen and oxygen atoms in total. The van der Waals surface area contributed by atoms with Crippen LogP contribution in [0.25, 0.3) is 0 Å². The number of nitrogens with zero attached hydrogens (tertiary/aromatic N) is 2. The van der Waals surface area contributed by atoms with Crippen LogP contribution in [-0.2, 0) is 14.3 Å². The van der Waals surface area contributed by atoms with Crippen LogP contribution in [0.15, 0.2) is 24.3 Å².